The first-order chi connectivity index (χ1) is 17.4. The van der Waals surface area contributed by atoms with Gasteiger partial charge in [0.25, 0.3) is 5.91 Å². The van der Waals surface area contributed by atoms with Crippen molar-refractivity contribution < 1.29 is 33.3 Å². The summed E-state index contributed by atoms with van der Waals surface area (Å²) in [5.74, 6) is -0.0767. The van der Waals surface area contributed by atoms with Gasteiger partial charge in [0, 0.05) is 30.6 Å². The molecule has 2 heterocycles. The van der Waals surface area contributed by atoms with Gasteiger partial charge in [-0.2, -0.15) is 0 Å². The molecule has 1 aliphatic heterocycles. The zero-order valence-corrected chi connectivity index (χ0v) is 23.0. The number of benzene rings is 1. The number of rotatable bonds is 5. The smallest absolute Gasteiger partial charge is 0.308 e. The van der Waals surface area contributed by atoms with Gasteiger partial charge in [0.15, 0.2) is 11.4 Å². The molecule has 4 atom stereocenters. The van der Waals surface area contributed by atoms with Crippen LogP contribution in [0.2, 0.25) is 10.0 Å². The van der Waals surface area contributed by atoms with Gasteiger partial charge in [0.1, 0.15) is 18.0 Å². The summed E-state index contributed by atoms with van der Waals surface area (Å²) in [6.45, 7) is 7.36. The van der Waals surface area contributed by atoms with Crippen LogP contribution < -0.4 is 19.9 Å². The first-order valence-electron chi connectivity index (χ1n) is 11.7. The number of hydrogen-bond acceptors (Lipinski definition) is 8. The van der Waals surface area contributed by atoms with Crippen molar-refractivity contribution in [2.45, 2.75) is 59.2 Å². The number of nitrogens with zero attached hydrogens (tertiary/aromatic N) is 1. The van der Waals surface area contributed by atoms with Gasteiger partial charge >= 0.3 is 11.9 Å². The highest BCUT2D eigenvalue weighted by atomic mass is 35.5. The molecule has 0 saturated carbocycles. The minimum absolute atomic E-state index is 0.0556. The molecule has 1 aromatic heterocycles. The van der Waals surface area contributed by atoms with Gasteiger partial charge in [-0.05, 0) is 49.8 Å². The minimum atomic E-state index is -0.787. The average molecular weight is 555 g/mol. The Morgan fingerprint density at radius 3 is 2.43 bits per heavy atom. The van der Waals surface area contributed by atoms with Gasteiger partial charge in [-0.15, -0.1) is 0 Å². The highest BCUT2D eigenvalue weighted by Crippen LogP contribution is 2.33. The number of ether oxygens (including phenoxy) is 4. The van der Waals surface area contributed by atoms with Crippen molar-refractivity contribution in [3.8, 4) is 17.2 Å². The van der Waals surface area contributed by atoms with Crippen LogP contribution in [-0.2, 0) is 14.3 Å². The van der Waals surface area contributed by atoms with Crippen LogP contribution in [0.5, 0.6) is 17.2 Å². The van der Waals surface area contributed by atoms with E-state index in [0.29, 0.717) is 28.1 Å². The quantitative estimate of drug-likeness (QED) is 0.496. The normalized spacial score (nSPS) is 21.6. The van der Waals surface area contributed by atoms with E-state index < -0.39 is 11.9 Å². The standard InChI is InChI=1S/C17H22Cl2O3.C9H10N2O4/c1-10-4-7-16(20)21-12(3)17(11(2)8-10)22-15-6-5-13(18)9-14(15)19;1-5(12)15-8-6(14-2)3-4-11-7(8)9(10)13/h5-6,9-12,17H,4,7-8H2,1-3H3;3-4H,1-2H3,(H2,10,13)/t10?,11?,12?,17-;/m1./s1. The molecule has 11 heteroatoms. The summed E-state index contributed by atoms with van der Waals surface area (Å²) in [6, 6.07) is 6.60. The van der Waals surface area contributed by atoms with Crippen LogP contribution in [-0.4, -0.2) is 42.1 Å². The number of methoxy groups -OCH3 is 1. The molecule has 0 radical (unpaired) electrons. The second-order valence-electron chi connectivity index (χ2n) is 8.86. The molecule has 3 rings (SSSR count). The summed E-state index contributed by atoms with van der Waals surface area (Å²) in [5, 5.41) is 1.03. The monoisotopic (exact) mass is 554 g/mol. The molecule has 0 bridgehead atoms. The molecule has 0 aliphatic carbocycles. The van der Waals surface area contributed by atoms with Crippen LogP contribution in [0.15, 0.2) is 30.5 Å². The van der Waals surface area contributed by atoms with Gasteiger partial charge < -0.3 is 24.7 Å². The number of halogens is 2. The Morgan fingerprint density at radius 2 is 1.84 bits per heavy atom. The molecule has 1 aromatic carbocycles. The number of nitrogens with two attached hydrogens (primary N) is 1. The lowest BCUT2D eigenvalue weighted by molar-refractivity contribution is -0.153. The molecule has 1 saturated heterocycles. The third-order valence-electron chi connectivity index (χ3n) is 5.68. The molecule has 0 spiro atoms. The number of cyclic esters (lactones) is 1. The second-order valence-corrected chi connectivity index (χ2v) is 9.70. The topological polar surface area (TPSA) is 127 Å². The molecular formula is C26H32Cl2N2O7. The van der Waals surface area contributed by atoms with E-state index in [2.05, 4.69) is 18.8 Å². The highest BCUT2D eigenvalue weighted by molar-refractivity contribution is 6.35. The molecule has 1 amide bonds. The first-order valence-corrected chi connectivity index (χ1v) is 12.5. The van der Waals surface area contributed by atoms with E-state index in [-0.39, 0.29) is 41.3 Å². The van der Waals surface area contributed by atoms with Gasteiger partial charge in [-0.3, -0.25) is 14.4 Å². The highest BCUT2D eigenvalue weighted by Gasteiger charge is 2.32. The Hall–Kier alpha value is -3.04. The lowest BCUT2D eigenvalue weighted by Gasteiger charge is -2.30. The van der Waals surface area contributed by atoms with Crippen molar-refractivity contribution >= 4 is 41.0 Å². The number of carbonyl (C=O) groups is 3. The largest absolute Gasteiger partial charge is 0.493 e. The fourth-order valence-electron chi connectivity index (χ4n) is 3.99. The third-order valence-corrected chi connectivity index (χ3v) is 6.21. The van der Waals surface area contributed by atoms with E-state index in [9.17, 15) is 14.4 Å². The fraction of sp³-hybridized carbons (Fsp3) is 0.462. The molecule has 2 N–H and O–H groups in total. The molecule has 37 heavy (non-hydrogen) atoms. The Kier molecular flexibility index (Phi) is 11.5. The number of hydrogen-bond donors (Lipinski definition) is 1. The first kappa shape index (κ1) is 30.2. The Labute approximate surface area is 226 Å². The van der Waals surface area contributed by atoms with Crippen molar-refractivity contribution in [3.05, 3.63) is 46.2 Å². The van der Waals surface area contributed by atoms with Crippen LogP contribution in [0.4, 0.5) is 0 Å². The molecule has 3 unspecified atom stereocenters. The van der Waals surface area contributed by atoms with Crippen molar-refractivity contribution in [3.63, 3.8) is 0 Å². The Balaban J connectivity index is 0.000000281. The van der Waals surface area contributed by atoms with Gasteiger partial charge in [-0.1, -0.05) is 37.0 Å². The van der Waals surface area contributed by atoms with Gasteiger partial charge in [0.05, 0.1) is 12.1 Å². The molecule has 1 fully saturated rings. The molecule has 1 aliphatic rings. The Morgan fingerprint density at radius 1 is 1.14 bits per heavy atom. The lowest BCUT2D eigenvalue weighted by atomic mass is 9.89. The van der Waals surface area contributed by atoms with Crippen LogP contribution >= 0.6 is 23.2 Å². The van der Waals surface area contributed by atoms with E-state index in [1.165, 1.54) is 26.3 Å². The summed E-state index contributed by atoms with van der Waals surface area (Å²) in [5.41, 5.74) is 4.93. The van der Waals surface area contributed by atoms with Gasteiger partial charge in [-0.25, -0.2) is 4.98 Å². The third kappa shape index (κ3) is 9.09. The number of primary amides is 1. The minimum Gasteiger partial charge on any atom is -0.493 e. The van der Waals surface area contributed by atoms with Crippen molar-refractivity contribution in [1.29, 1.82) is 0 Å². The summed E-state index contributed by atoms with van der Waals surface area (Å²) in [6.07, 6.45) is 3.09. The second kappa shape index (κ2) is 14.0. The van der Waals surface area contributed by atoms with Crippen molar-refractivity contribution in [2.75, 3.05) is 7.11 Å². The predicted octanol–water partition coefficient (Wildman–Crippen LogP) is 5.24. The molecule has 2 aromatic rings. The molecule has 9 nitrogen and oxygen atoms in total. The number of carbonyl (C=O) groups excluding carboxylic acids is 3. The molecular weight excluding hydrogens is 523 g/mol. The fourth-order valence-corrected chi connectivity index (χ4v) is 4.44. The Bertz CT molecular complexity index is 1110. The van der Waals surface area contributed by atoms with Gasteiger partial charge in [0.2, 0.25) is 5.75 Å². The number of aromatic nitrogens is 1. The van der Waals surface area contributed by atoms with E-state index in [0.717, 1.165) is 12.8 Å². The SMILES string of the molecule is CC1CCC(=O)OC(C)[C@H](Oc2ccc(Cl)cc2Cl)C(C)C1.COc1ccnc(C(N)=O)c1OC(C)=O. The maximum atomic E-state index is 11.8. The summed E-state index contributed by atoms with van der Waals surface area (Å²) >= 11 is 12.1. The van der Waals surface area contributed by atoms with E-state index in [1.54, 1.807) is 18.2 Å². The van der Waals surface area contributed by atoms with Crippen molar-refractivity contribution in [2.24, 2.45) is 17.6 Å². The van der Waals surface area contributed by atoms with Crippen LogP contribution in [0.1, 0.15) is 57.4 Å². The van der Waals surface area contributed by atoms with E-state index >= 15 is 0 Å². The van der Waals surface area contributed by atoms with Crippen LogP contribution in [0, 0.1) is 11.8 Å². The molecule has 202 valence electrons. The lowest BCUT2D eigenvalue weighted by Crippen LogP contribution is -2.38. The van der Waals surface area contributed by atoms with E-state index in [4.69, 9.17) is 47.9 Å². The maximum Gasteiger partial charge on any atom is 0.308 e. The zero-order valence-electron chi connectivity index (χ0n) is 21.5. The number of amides is 1. The maximum absolute atomic E-state index is 11.8. The van der Waals surface area contributed by atoms with E-state index in [1.807, 2.05) is 6.92 Å². The van der Waals surface area contributed by atoms with Crippen molar-refractivity contribution in [1.82, 2.24) is 4.98 Å². The zero-order chi connectivity index (χ0) is 27.7. The number of pyridine rings is 1. The predicted molar refractivity (Wildman–Crippen MR) is 139 cm³/mol. The van der Waals surface area contributed by atoms with Crippen LogP contribution in [0.3, 0.4) is 0 Å². The van der Waals surface area contributed by atoms with Crippen LogP contribution in [0.25, 0.3) is 0 Å². The summed E-state index contributed by atoms with van der Waals surface area (Å²) < 4.78 is 21.3. The summed E-state index contributed by atoms with van der Waals surface area (Å²) in [4.78, 5) is 37.3. The average Bonchev–Trinajstić information content (AvgIpc) is 2.85. The number of esters is 2. The summed E-state index contributed by atoms with van der Waals surface area (Å²) in [7, 11) is 1.38.